The Morgan fingerprint density at radius 2 is 1.54 bits per heavy atom. The molecule has 0 bridgehead atoms. The molecular formula is C25H28F6N2O6. The number of morpholine rings is 1. The van der Waals surface area contributed by atoms with Crippen LogP contribution in [0.25, 0.3) is 0 Å². The predicted octanol–water partition coefficient (Wildman–Crippen LogP) is 4.34. The molecule has 1 aromatic carbocycles. The van der Waals surface area contributed by atoms with E-state index in [-0.39, 0.29) is 12.2 Å². The van der Waals surface area contributed by atoms with Gasteiger partial charge >= 0.3 is 24.3 Å². The average molecular weight is 566 g/mol. The van der Waals surface area contributed by atoms with Crippen LogP contribution in [0.5, 0.6) is 0 Å². The number of nitrogens with zero attached hydrogens (tertiary/aromatic N) is 2. The zero-order valence-electron chi connectivity index (χ0n) is 20.6. The summed E-state index contributed by atoms with van der Waals surface area (Å²) in [5.41, 5.74) is 2.54. The number of hydrogen-bond acceptors (Lipinski definition) is 6. The van der Waals surface area contributed by atoms with Gasteiger partial charge in [-0.2, -0.15) is 26.3 Å². The van der Waals surface area contributed by atoms with Gasteiger partial charge in [-0.25, -0.2) is 9.59 Å². The molecule has 0 spiro atoms. The van der Waals surface area contributed by atoms with Crippen LogP contribution < -0.4 is 0 Å². The van der Waals surface area contributed by atoms with Crippen molar-refractivity contribution < 1.29 is 55.6 Å². The van der Waals surface area contributed by atoms with Crippen LogP contribution in [0.3, 0.4) is 0 Å². The van der Waals surface area contributed by atoms with Crippen molar-refractivity contribution in [2.24, 2.45) is 0 Å². The number of alkyl halides is 6. The molecule has 2 fully saturated rings. The van der Waals surface area contributed by atoms with Gasteiger partial charge in [0.15, 0.2) is 0 Å². The summed E-state index contributed by atoms with van der Waals surface area (Å²) in [7, 11) is 0. The zero-order chi connectivity index (χ0) is 29.1. The number of aromatic nitrogens is 1. The van der Waals surface area contributed by atoms with Gasteiger partial charge in [0.2, 0.25) is 0 Å². The molecule has 0 unspecified atom stereocenters. The molecule has 1 saturated carbocycles. The third-order valence-corrected chi connectivity index (χ3v) is 5.85. The second-order valence-corrected chi connectivity index (χ2v) is 8.57. The van der Waals surface area contributed by atoms with Crippen LogP contribution in [0.4, 0.5) is 26.3 Å². The Labute approximate surface area is 220 Å². The van der Waals surface area contributed by atoms with Gasteiger partial charge in [0.05, 0.1) is 25.4 Å². The van der Waals surface area contributed by atoms with E-state index in [1.54, 1.807) is 6.20 Å². The van der Waals surface area contributed by atoms with Gasteiger partial charge in [-0.1, -0.05) is 36.4 Å². The monoisotopic (exact) mass is 566 g/mol. The highest BCUT2D eigenvalue weighted by Gasteiger charge is 2.43. The first kappa shape index (κ1) is 32.0. The minimum atomic E-state index is -5.08. The first-order valence-corrected chi connectivity index (χ1v) is 11.8. The van der Waals surface area contributed by atoms with E-state index in [9.17, 15) is 26.3 Å². The molecular weight excluding hydrogens is 538 g/mol. The second kappa shape index (κ2) is 14.8. The summed E-state index contributed by atoms with van der Waals surface area (Å²) in [4.78, 5) is 24.6. The van der Waals surface area contributed by atoms with Crippen molar-refractivity contribution in [1.29, 1.82) is 0 Å². The number of aliphatic carboxylic acids is 2. The molecule has 39 heavy (non-hydrogen) atoms. The van der Waals surface area contributed by atoms with Crippen LogP contribution in [-0.2, 0) is 32.1 Å². The van der Waals surface area contributed by atoms with Gasteiger partial charge in [0, 0.05) is 31.5 Å². The van der Waals surface area contributed by atoms with Gasteiger partial charge in [-0.15, -0.1) is 0 Å². The van der Waals surface area contributed by atoms with E-state index >= 15 is 0 Å². The standard InChI is InChI=1S/C21H26N2O2.2C2HF3O2/c1-2-5-17(6-3-1)10-12-23-13-14-24-21-19(23)8-9-20(21)25-16-18-7-4-11-22-15-18;2*3-2(4,5)1(6)7/h1-7,11,15,19-21H,8-10,12-14,16H2;2*(H,6,7)/t19-,20+,21+;;/m0../s1. The topological polar surface area (TPSA) is 109 Å². The smallest absolute Gasteiger partial charge is 0.475 e. The lowest BCUT2D eigenvalue weighted by atomic mass is 10.1. The van der Waals surface area contributed by atoms with Crippen molar-refractivity contribution in [3.63, 3.8) is 0 Å². The summed E-state index contributed by atoms with van der Waals surface area (Å²) in [6, 6.07) is 15.3. The van der Waals surface area contributed by atoms with Crippen molar-refractivity contribution in [2.45, 2.75) is 56.5 Å². The number of rotatable bonds is 6. The van der Waals surface area contributed by atoms with Crippen molar-refractivity contribution in [3.05, 3.63) is 66.0 Å². The SMILES string of the molecule is O=C(O)C(F)(F)F.O=C(O)C(F)(F)F.c1ccc(CCN2CCO[C@H]3[C@H](OCc4cccnc4)CC[C@@H]32)cc1. The number of fused-ring (bicyclic) bond motifs is 1. The molecule has 2 heterocycles. The van der Waals surface area contributed by atoms with Crippen LogP contribution in [-0.4, -0.2) is 82.3 Å². The molecule has 1 aliphatic heterocycles. The van der Waals surface area contributed by atoms with Crippen LogP contribution in [0.1, 0.15) is 24.0 Å². The van der Waals surface area contributed by atoms with Crippen molar-refractivity contribution in [3.8, 4) is 0 Å². The quantitative estimate of drug-likeness (QED) is 0.498. The number of carboxylic acids is 2. The van der Waals surface area contributed by atoms with E-state index in [2.05, 4.69) is 46.3 Å². The molecule has 1 aliphatic carbocycles. The average Bonchev–Trinajstić information content (AvgIpc) is 3.31. The Kier molecular flexibility index (Phi) is 12.1. The number of carboxylic acid groups (broad SMARTS) is 2. The number of ether oxygens (including phenoxy) is 2. The lowest BCUT2D eigenvalue weighted by Crippen LogP contribution is -2.52. The number of pyridine rings is 1. The fourth-order valence-corrected chi connectivity index (χ4v) is 4.05. The van der Waals surface area contributed by atoms with Crippen LogP contribution in [0.15, 0.2) is 54.9 Å². The summed E-state index contributed by atoms with van der Waals surface area (Å²) < 4.78 is 75.8. The maximum Gasteiger partial charge on any atom is 0.490 e. The minimum Gasteiger partial charge on any atom is -0.475 e. The molecule has 2 aromatic rings. The van der Waals surface area contributed by atoms with Gasteiger partial charge in [-0.3, -0.25) is 9.88 Å². The summed E-state index contributed by atoms with van der Waals surface area (Å²) >= 11 is 0. The fourth-order valence-electron chi connectivity index (χ4n) is 4.05. The molecule has 8 nitrogen and oxygen atoms in total. The van der Waals surface area contributed by atoms with E-state index < -0.39 is 24.3 Å². The number of benzene rings is 1. The zero-order valence-corrected chi connectivity index (χ0v) is 20.6. The lowest BCUT2D eigenvalue weighted by molar-refractivity contribution is -0.193. The molecule has 1 aromatic heterocycles. The van der Waals surface area contributed by atoms with Gasteiger partial charge < -0.3 is 19.7 Å². The molecule has 2 aliphatic rings. The maximum atomic E-state index is 10.6. The molecule has 14 heteroatoms. The van der Waals surface area contributed by atoms with E-state index in [4.69, 9.17) is 29.3 Å². The largest absolute Gasteiger partial charge is 0.490 e. The normalized spacial score (nSPS) is 21.0. The van der Waals surface area contributed by atoms with Crippen molar-refractivity contribution in [1.82, 2.24) is 9.88 Å². The molecule has 216 valence electrons. The summed E-state index contributed by atoms with van der Waals surface area (Å²) in [5.74, 6) is -5.51. The maximum absolute atomic E-state index is 10.6. The Balaban J connectivity index is 0.000000317. The minimum absolute atomic E-state index is 0.199. The Hall–Kier alpha value is -3.23. The van der Waals surface area contributed by atoms with Gasteiger partial charge in [-0.05, 0) is 36.5 Å². The Morgan fingerprint density at radius 3 is 2.08 bits per heavy atom. The van der Waals surface area contributed by atoms with Crippen molar-refractivity contribution in [2.75, 3.05) is 19.7 Å². The molecule has 4 rings (SSSR count). The summed E-state index contributed by atoms with van der Waals surface area (Å²) in [6.07, 6.45) is -2.74. The van der Waals surface area contributed by atoms with E-state index in [0.717, 1.165) is 44.5 Å². The predicted molar refractivity (Wildman–Crippen MR) is 125 cm³/mol. The van der Waals surface area contributed by atoms with Crippen molar-refractivity contribution >= 4 is 11.9 Å². The molecule has 0 radical (unpaired) electrons. The Morgan fingerprint density at radius 1 is 0.949 bits per heavy atom. The lowest BCUT2D eigenvalue weighted by Gasteiger charge is -2.39. The number of carbonyl (C=O) groups is 2. The number of hydrogen-bond donors (Lipinski definition) is 2. The first-order valence-electron chi connectivity index (χ1n) is 11.8. The fraction of sp³-hybridized carbons (Fsp3) is 0.480. The van der Waals surface area contributed by atoms with E-state index in [0.29, 0.717) is 12.6 Å². The molecule has 2 N–H and O–H groups in total. The summed E-state index contributed by atoms with van der Waals surface area (Å²) in [5, 5.41) is 14.2. The first-order chi connectivity index (χ1) is 18.3. The third kappa shape index (κ3) is 11.2. The van der Waals surface area contributed by atoms with Crippen LogP contribution in [0.2, 0.25) is 0 Å². The van der Waals surface area contributed by atoms with E-state index in [1.165, 1.54) is 5.56 Å². The van der Waals surface area contributed by atoms with E-state index in [1.807, 2.05) is 12.3 Å². The summed E-state index contributed by atoms with van der Waals surface area (Å²) in [6.45, 7) is 3.56. The second-order valence-electron chi connectivity index (χ2n) is 8.57. The Bertz CT molecular complexity index is 999. The van der Waals surface area contributed by atoms with Gasteiger partial charge in [0.1, 0.15) is 0 Å². The number of halogens is 6. The molecule has 3 atom stereocenters. The highest BCUT2D eigenvalue weighted by Crippen LogP contribution is 2.32. The van der Waals surface area contributed by atoms with Gasteiger partial charge in [0.25, 0.3) is 0 Å². The highest BCUT2D eigenvalue weighted by molar-refractivity contribution is 5.73. The molecule has 1 saturated heterocycles. The molecule has 0 amide bonds. The van der Waals surface area contributed by atoms with Crippen LogP contribution >= 0.6 is 0 Å². The third-order valence-electron chi connectivity index (χ3n) is 5.85. The van der Waals surface area contributed by atoms with Crippen LogP contribution in [0, 0.1) is 0 Å². The highest BCUT2D eigenvalue weighted by atomic mass is 19.4.